The number of carbonyl (C=O) groups excluding carboxylic acids is 1. The highest BCUT2D eigenvalue weighted by Crippen LogP contribution is 2.34. The molecule has 1 amide bonds. The van der Waals surface area contributed by atoms with E-state index in [1.165, 1.54) is 25.1 Å². The van der Waals surface area contributed by atoms with Crippen molar-refractivity contribution < 1.29 is 27.4 Å². The van der Waals surface area contributed by atoms with Crippen molar-refractivity contribution in [2.75, 3.05) is 29.9 Å². The van der Waals surface area contributed by atoms with Crippen molar-refractivity contribution in [2.24, 2.45) is 0 Å². The van der Waals surface area contributed by atoms with Crippen LogP contribution in [0.1, 0.15) is 13.8 Å². The second kappa shape index (κ2) is 7.75. The topological polar surface area (TPSA) is 103 Å². The first kappa shape index (κ1) is 18.8. The molecule has 0 bridgehead atoms. The van der Waals surface area contributed by atoms with Gasteiger partial charge in [-0.05, 0) is 37.3 Å². The van der Waals surface area contributed by atoms with E-state index in [2.05, 4.69) is 10.0 Å². The van der Waals surface area contributed by atoms with Gasteiger partial charge in [0.15, 0.2) is 11.5 Å². The summed E-state index contributed by atoms with van der Waals surface area (Å²) in [5, 5.41) is 2.58. The number of amides is 1. The lowest BCUT2D eigenvalue weighted by molar-refractivity contribution is -0.114. The monoisotopic (exact) mass is 392 g/mol. The standard InChI is InChI=1S/C18H20N2O6S/c1-3-24-16-7-5-14(11-15(16)19-12(2)21)27(22,23)20-13-4-6-17-18(10-13)26-9-8-25-17/h4-7,10-11,20H,3,8-9H2,1-2H3,(H,19,21). The highest BCUT2D eigenvalue weighted by Gasteiger charge is 2.19. The van der Waals surface area contributed by atoms with E-state index in [4.69, 9.17) is 14.2 Å². The summed E-state index contributed by atoms with van der Waals surface area (Å²) in [4.78, 5) is 11.4. The molecule has 1 aliphatic heterocycles. The van der Waals surface area contributed by atoms with Gasteiger partial charge >= 0.3 is 0 Å². The third-order valence-corrected chi connectivity index (χ3v) is 5.05. The normalized spacial score (nSPS) is 13.0. The van der Waals surface area contributed by atoms with E-state index in [-0.39, 0.29) is 16.5 Å². The number of fused-ring (bicyclic) bond motifs is 1. The Morgan fingerprint density at radius 3 is 2.56 bits per heavy atom. The molecule has 144 valence electrons. The number of hydrogen-bond acceptors (Lipinski definition) is 6. The largest absolute Gasteiger partial charge is 0.492 e. The van der Waals surface area contributed by atoms with Crippen molar-refractivity contribution in [1.29, 1.82) is 0 Å². The average Bonchev–Trinajstić information content (AvgIpc) is 2.62. The Bertz CT molecular complexity index is 958. The quantitative estimate of drug-likeness (QED) is 0.783. The van der Waals surface area contributed by atoms with E-state index >= 15 is 0 Å². The Hall–Kier alpha value is -2.94. The Morgan fingerprint density at radius 1 is 1.11 bits per heavy atom. The summed E-state index contributed by atoms with van der Waals surface area (Å²) in [7, 11) is -3.88. The summed E-state index contributed by atoms with van der Waals surface area (Å²) in [5.74, 6) is 1.11. The molecule has 2 aromatic rings. The maximum atomic E-state index is 12.7. The van der Waals surface area contributed by atoms with Crippen LogP contribution >= 0.6 is 0 Å². The zero-order valence-electron chi connectivity index (χ0n) is 14.9. The van der Waals surface area contributed by atoms with Crippen LogP contribution in [0.15, 0.2) is 41.3 Å². The second-order valence-corrected chi connectivity index (χ2v) is 7.42. The van der Waals surface area contributed by atoms with Crippen molar-refractivity contribution in [2.45, 2.75) is 18.7 Å². The Balaban J connectivity index is 1.89. The zero-order chi connectivity index (χ0) is 19.4. The first-order chi connectivity index (χ1) is 12.9. The Labute approximate surface area is 157 Å². The minimum Gasteiger partial charge on any atom is -0.492 e. The van der Waals surface area contributed by atoms with E-state index in [9.17, 15) is 13.2 Å². The molecule has 9 heteroatoms. The first-order valence-electron chi connectivity index (χ1n) is 8.36. The number of hydrogen-bond donors (Lipinski definition) is 2. The zero-order valence-corrected chi connectivity index (χ0v) is 15.8. The molecule has 0 saturated carbocycles. The SMILES string of the molecule is CCOc1ccc(S(=O)(=O)Nc2ccc3c(c2)OCCO3)cc1NC(C)=O. The minimum atomic E-state index is -3.88. The number of carbonyl (C=O) groups is 1. The highest BCUT2D eigenvalue weighted by molar-refractivity contribution is 7.92. The highest BCUT2D eigenvalue weighted by atomic mass is 32.2. The number of sulfonamides is 1. The van der Waals surface area contributed by atoms with Crippen LogP contribution in [-0.4, -0.2) is 34.1 Å². The molecule has 27 heavy (non-hydrogen) atoms. The van der Waals surface area contributed by atoms with Crippen LogP contribution in [0.25, 0.3) is 0 Å². The van der Waals surface area contributed by atoms with Crippen molar-refractivity contribution in [1.82, 2.24) is 0 Å². The van der Waals surface area contributed by atoms with Gasteiger partial charge in [-0.3, -0.25) is 9.52 Å². The number of anilines is 2. The summed E-state index contributed by atoms with van der Waals surface area (Å²) >= 11 is 0. The molecule has 0 fully saturated rings. The third kappa shape index (κ3) is 4.43. The number of nitrogens with one attached hydrogen (secondary N) is 2. The van der Waals surface area contributed by atoms with Gasteiger partial charge in [0.05, 0.1) is 22.9 Å². The van der Waals surface area contributed by atoms with Gasteiger partial charge in [0, 0.05) is 13.0 Å². The smallest absolute Gasteiger partial charge is 0.261 e. The van der Waals surface area contributed by atoms with Crippen LogP contribution in [0, 0.1) is 0 Å². The Morgan fingerprint density at radius 2 is 1.85 bits per heavy atom. The van der Waals surface area contributed by atoms with Gasteiger partial charge in [-0.1, -0.05) is 0 Å². The fraction of sp³-hybridized carbons (Fsp3) is 0.278. The molecule has 1 heterocycles. The van der Waals surface area contributed by atoms with Gasteiger partial charge in [-0.15, -0.1) is 0 Å². The summed E-state index contributed by atoms with van der Waals surface area (Å²) in [6.07, 6.45) is 0. The summed E-state index contributed by atoms with van der Waals surface area (Å²) in [5.41, 5.74) is 0.628. The lowest BCUT2D eigenvalue weighted by atomic mass is 10.3. The van der Waals surface area contributed by atoms with Crippen LogP contribution < -0.4 is 24.2 Å². The molecule has 2 aromatic carbocycles. The molecule has 0 aliphatic carbocycles. The van der Waals surface area contributed by atoms with Crippen molar-refractivity contribution in [3.8, 4) is 17.2 Å². The molecule has 0 unspecified atom stereocenters. The third-order valence-electron chi connectivity index (χ3n) is 3.67. The fourth-order valence-electron chi connectivity index (χ4n) is 2.57. The van der Waals surface area contributed by atoms with Crippen molar-refractivity contribution >= 4 is 27.3 Å². The summed E-state index contributed by atoms with van der Waals surface area (Å²) in [6, 6.07) is 9.08. The van der Waals surface area contributed by atoms with Gasteiger partial charge in [0.2, 0.25) is 5.91 Å². The van der Waals surface area contributed by atoms with Crippen LogP contribution in [-0.2, 0) is 14.8 Å². The van der Waals surface area contributed by atoms with E-state index in [1.807, 2.05) is 0 Å². The first-order valence-corrected chi connectivity index (χ1v) is 9.84. The minimum absolute atomic E-state index is 0.00964. The Kier molecular flexibility index (Phi) is 5.41. The van der Waals surface area contributed by atoms with Crippen LogP contribution in [0.4, 0.5) is 11.4 Å². The maximum Gasteiger partial charge on any atom is 0.261 e. The molecule has 0 radical (unpaired) electrons. The summed E-state index contributed by atoms with van der Waals surface area (Å²) < 4.78 is 44.3. The average molecular weight is 392 g/mol. The van der Waals surface area contributed by atoms with E-state index in [0.717, 1.165) is 0 Å². The molecule has 2 N–H and O–H groups in total. The van der Waals surface area contributed by atoms with Gasteiger partial charge in [0.1, 0.15) is 19.0 Å². The van der Waals surface area contributed by atoms with Gasteiger partial charge in [0.25, 0.3) is 10.0 Å². The van der Waals surface area contributed by atoms with Crippen molar-refractivity contribution in [3.05, 3.63) is 36.4 Å². The molecule has 0 atom stereocenters. The second-order valence-electron chi connectivity index (χ2n) is 5.74. The lowest BCUT2D eigenvalue weighted by Crippen LogP contribution is -2.17. The lowest BCUT2D eigenvalue weighted by Gasteiger charge is -2.19. The van der Waals surface area contributed by atoms with Gasteiger partial charge < -0.3 is 19.5 Å². The fourth-order valence-corrected chi connectivity index (χ4v) is 3.64. The van der Waals surface area contributed by atoms with Crippen molar-refractivity contribution in [3.63, 3.8) is 0 Å². The van der Waals surface area contributed by atoms with Gasteiger partial charge in [-0.25, -0.2) is 8.42 Å². The molecule has 0 saturated heterocycles. The van der Waals surface area contributed by atoms with Crippen LogP contribution in [0.3, 0.4) is 0 Å². The molecule has 3 rings (SSSR count). The number of rotatable bonds is 6. The number of benzene rings is 2. The molecular weight excluding hydrogens is 372 g/mol. The van der Waals surface area contributed by atoms with E-state index in [1.54, 1.807) is 25.1 Å². The predicted octanol–water partition coefficient (Wildman–Crippen LogP) is 2.62. The van der Waals surface area contributed by atoms with Crippen LogP contribution in [0.5, 0.6) is 17.2 Å². The molecule has 8 nitrogen and oxygen atoms in total. The van der Waals surface area contributed by atoms with Gasteiger partial charge in [-0.2, -0.15) is 0 Å². The van der Waals surface area contributed by atoms with E-state index < -0.39 is 10.0 Å². The van der Waals surface area contributed by atoms with E-state index in [0.29, 0.717) is 42.8 Å². The molecule has 0 spiro atoms. The maximum absolute atomic E-state index is 12.7. The predicted molar refractivity (Wildman–Crippen MR) is 100 cm³/mol. The molecular formula is C18H20N2O6S. The van der Waals surface area contributed by atoms with Crippen LogP contribution in [0.2, 0.25) is 0 Å². The number of ether oxygens (including phenoxy) is 3. The molecule has 0 aromatic heterocycles. The summed E-state index contributed by atoms with van der Waals surface area (Å²) in [6.45, 7) is 4.38. The molecule has 1 aliphatic rings.